The molecule has 1 fully saturated rings. The van der Waals surface area contributed by atoms with Crippen molar-refractivity contribution in [1.82, 2.24) is 0 Å². The molecule has 0 heterocycles. The summed E-state index contributed by atoms with van der Waals surface area (Å²) in [5.74, 6) is 0.870. The lowest BCUT2D eigenvalue weighted by Crippen LogP contribution is -2.22. The van der Waals surface area contributed by atoms with Gasteiger partial charge < -0.3 is 9.84 Å². The first-order chi connectivity index (χ1) is 6.69. The van der Waals surface area contributed by atoms with Crippen molar-refractivity contribution in [2.45, 2.75) is 31.3 Å². The Hall–Kier alpha value is -1.02. The third-order valence-corrected chi connectivity index (χ3v) is 3.23. The molecular weight excluding hydrogens is 176 g/mol. The van der Waals surface area contributed by atoms with Gasteiger partial charge in [-0.25, -0.2) is 0 Å². The summed E-state index contributed by atoms with van der Waals surface area (Å²) in [4.78, 5) is 0. The second-order valence-electron chi connectivity index (χ2n) is 4.06. The smallest absolute Gasteiger partial charge is 0.119 e. The van der Waals surface area contributed by atoms with Crippen LogP contribution in [0, 0.1) is 0 Å². The number of hydrogen-bond donors (Lipinski definition) is 1. The van der Waals surface area contributed by atoms with Crippen molar-refractivity contribution in [3.8, 4) is 5.75 Å². The number of aliphatic hydroxyl groups excluding tert-OH is 1. The van der Waals surface area contributed by atoms with E-state index in [1.807, 2.05) is 25.1 Å². The number of benzene rings is 1. The molecule has 1 aliphatic rings. The van der Waals surface area contributed by atoms with Crippen molar-refractivity contribution in [3.05, 3.63) is 29.8 Å². The first kappa shape index (κ1) is 9.53. The Balaban J connectivity index is 2.32. The summed E-state index contributed by atoms with van der Waals surface area (Å²) in [6, 6.07) is 8.01. The number of rotatable bonds is 3. The summed E-state index contributed by atoms with van der Waals surface area (Å²) >= 11 is 0. The lowest BCUT2D eigenvalue weighted by molar-refractivity contribution is 0.150. The zero-order chi connectivity index (χ0) is 10.2. The van der Waals surface area contributed by atoms with Gasteiger partial charge in [-0.15, -0.1) is 0 Å². The average molecular weight is 192 g/mol. The van der Waals surface area contributed by atoms with Crippen LogP contribution in [0.2, 0.25) is 0 Å². The van der Waals surface area contributed by atoms with E-state index in [1.165, 1.54) is 5.56 Å². The molecule has 76 valence electrons. The summed E-state index contributed by atoms with van der Waals surface area (Å²) in [7, 11) is 1.67. The fraction of sp³-hybridized carbons (Fsp3) is 0.500. The second kappa shape index (κ2) is 3.28. The van der Waals surface area contributed by atoms with E-state index in [0.717, 1.165) is 18.6 Å². The van der Waals surface area contributed by atoms with Gasteiger partial charge in [0.25, 0.3) is 0 Å². The van der Waals surface area contributed by atoms with Gasteiger partial charge in [-0.3, -0.25) is 0 Å². The van der Waals surface area contributed by atoms with Crippen LogP contribution < -0.4 is 4.74 Å². The van der Waals surface area contributed by atoms with Crippen LogP contribution in [-0.4, -0.2) is 18.3 Å². The minimum Gasteiger partial charge on any atom is -0.497 e. The standard InChI is InChI=1S/C12H16O2/c1-9(13)12(6-7-12)10-4-3-5-11(8-10)14-2/h3-5,8-9,13H,6-7H2,1-2H3. The van der Waals surface area contributed by atoms with E-state index < -0.39 is 0 Å². The molecule has 2 nitrogen and oxygen atoms in total. The highest BCUT2D eigenvalue weighted by Crippen LogP contribution is 2.51. The largest absolute Gasteiger partial charge is 0.497 e. The highest BCUT2D eigenvalue weighted by Gasteiger charge is 2.48. The van der Waals surface area contributed by atoms with Crippen LogP contribution >= 0.6 is 0 Å². The molecule has 0 spiro atoms. The predicted octanol–water partition coefficient (Wildman–Crippen LogP) is 2.11. The average Bonchev–Trinajstić information content (AvgIpc) is 2.98. The third kappa shape index (κ3) is 1.40. The minimum atomic E-state index is -0.269. The second-order valence-corrected chi connectivity index (χ2v) is 4.06. The van der Waals surface area contributed by atoms with Crippen LogP contribution in [-0.2, 0) is 5.41 Å². The Kier molecular flexibility index (Phi) is 2.23. The first-order valence-electron chi connectivity index (χ1n) is 5.02. The van der Waals surface area contributed by atoms with Gasteiger partial charge in [-0.05, 0) is 37.5 Å². The topological polar surface area (TPSA) is 29.5 Å². The van der Waals surface area contributed by atoms with Crippen LogP contribution in [0.15, 0.2) is 24.3 Å². The van der Waals surface area contributed by atoms with E-state index in [2.05, 4.69) is 6.07 Å². The quantitative estimate of drug-likeness (QED) is 0.794. The molecule has 2 heteroatoms. The van der Waals surface area contributed by atoms with Gasteiger partial charge in [-0.1, -0.05) is 12.1 Å². The van der Waals surface area contributed by atoms with Gasteiger partial charge in [0, 0.05) is 5.41 Å². The molecule has 0 radical (unpaired) electrons. The fourth-order valence-electron chi connectivity index (χ4n) is 2.02. The highest BCUT2D eigenvalue weighted by atomic mass is 16.5. The van der Waals surface area contributed by atoms with E-state index >= 15 is 0 Å². The Bertz CT molecular complexity index is 327. The number of methoxy groups -OCH3 is 1. The van der Waals surface area contributed by atoms with Crippen LogP contribution in [0.5, 0.6) is 5.75 Å². The molecular formula is C12H16O2. The lowest BCUT2D eigenvalue weighted by atomic mass is 9.91. The zero-order valence-electron chi connectivity index (χ0n) is 8.66. The molecule has 1 saturated carbocycles. The van der Waals surface area contributed by atoms with Crippen molar-refractivity contribution in [3.63, 3.8) is 0 Å². The maximum atomic E-state index is 9.72. The third-order valence-electron chi connectivity index (χ3n) is 3.23. The van der Waals surface area contributed by atoms with Crippen LogP contribution in [0.25, 0.3) is 0 Å². The molecule has 1 atom stereocenters. The molecule has 0 bridgehead atoms. The molecule has 0 amide bonds. The molecule has 0 aromatic heterocycles. The molecule has 0 saturated heterocycles. The summed E-state index contributed by atoms with van der Waals surface area (Å²) in [6.45, 7) is 1.87. The van der Waals surface area contributed by atoms with E-state index in [4.69, 9.17) is 4.74 Å². The van der Waals surface area contributed by atoms with E-state index in [9.17, 15) is 5.11 Å². The normalized spacial score (nSPS) is 20.2. The SMILES string of the molecule is COc1cccc(C2(C(C)O)CC2)c1. The summed E-state index contributed by atoms with van der Waals surface area (Å²) in [6.07, 6.45) is 1.89. The predicted molar refractivity (Wildman–Crippen MR) is 55.6 cm³/mol. The van der Waals surface area contributed by atoms with Crippen LogP contribution in [0.4, 0.5) is 0 Å². The van der Waals surface area contributed by atoms with Crippen molar-refractivity contribution >= 4 is 0 Å². The lowest BCUT2D eigenvalue weighted by Gasteiger charge is -2.19. The Morgan fingerprint density at radius 1 is 1.43 bits per heavy atom. The Morgan fingerprint density at radius 3 is 2.64 bits per heavy atom. The van der Waals surface area contributed by atoms with Crippen molar-refractivity contribution < 1.29 is 9.84 Å². The zero-order valence-corrected chi connectivity index (χ0v) is 8.66. The van der Waals surface area contributed by atoms with E-state index in [1.54, 1.807) is 7.11 Å². The van der Waals surface area contributed by atoms with Crippen molar-refractivity contribution in [1.29, 1.82) is 0 Å². The molecule has 14 heavy (non-hydrogen) atoms. The Morgan fingerprint density at radius 2 is 2.14 bits per heavy atom. The number of hydrogen-bond acceptors (Lipinski definition) is 2. The molecule has 1 aliphatic carbocycles. The molecule has 2 rings (SSSR count). The van der Waals surface area contributed by atoms with Gasteiger partial charge >= 0.3 is 0 Å². The van der Waals surface area contributed by atoms with E-state index in [0.29, 0.717) is 0 Å². The fourth-order valence-corrected chi connectivity index (χ4v) is 2.02. The van der Waals surface area contributed by atoms with E-state index in [-0.39, 0.29) is 11.5 Å². The number of aliphatic hydroxyl groups is 1. The molecule has 1 aromatic carbocycles. The minimum absolute atomic E-state index is 0.00847. The van der Waals surface area contributed by atoms with Gasteiger partial charge in [-0.2, -0.15) is 0 Å². The van der Waals surface area contributed by atoms with Crippen molar-refractivity contribution in [2.24, 2.45) is 0 Å². The Labute approximate surface area is 84.5 Å². The van der Waals surface area contributed by atoms with Gasteiger partial charge in [0.15, 0.2) is 0 Å². The monoisotopic (exact) mass is 192 g/mol. The van der Waals surface area contributed by atoms with Crippen LogP contribution in [0.3, 0.4) is 0 Å². The van der Waals surface area contributed by atoms with Crippen molar-refractivity contribution in [2.75, 3.05) is 7.11 Å². The van der Waals surface area contributed by atoms with Gasteiger partial charge in [0.1, 0.15) is 5.75 Å². The molecule has 1 N–H and O–H groups in total. The maximum absolute atomic E-state index is 9.72. The van der Waals surface area contributed by atoms with Crippen LogP contribution in [0.1, 0.15) is 25.3 Å². The highest BCUT2D eigenvalue weighted by molar-refractivity contribution is 5.38. The summed E-state index contributed by atoms with van der Waals surface area (Å²) in [5, 5.41) is 9.72. The first-order valence-corrected chi connectivity index (χ1v) is 5.02. The molecule has 1 aromatic rings. The molecule has 1 unspecified atom stereocenters. The maximum Gasteiger partial charge on any atom is 0.119 e. The summed E-state index contributed by atoms with van der Waals surface area (Å²) in [5.41, 5.74) is 1.21. The summed E-state index contributed by atoms with van der Waals surface area (Å²) < 4.78 is 5.18. The van der Waals surface area contributed by atoms with Gasteiger partial charge in [0.05, 0.1) is 13.2 Å². The van der Waals surface area contributed by atoms with Gasteiger partial charge in [0.2, 0.25) is 0 Å². The number of ether oxygens (including phenoxy) is 1. The molecule has 0 aliphatic heterocycles.